The molecule has 1 fully saturated rings. The SMILES string of the molecule is CCCN1CCC(NC(=NC)NCc2cccnc2OCC)CC1. The number of pyridine rings is 1. The lowest BCUT2D eigenvalue weighted by molar-refractivity contribution is 0.206. The van der Waals surface area contributed by atoms with Gasteiger partial charge in [0.15, 0.2) is 5.96 Å². The second kappa shape index (κ2) is 10.1. The third-order valence-corrected chi connectivity index (χ3v) is 4.27. The number of guanidine groups is 1. The molecule has 0 aliphatic carbocycles. The first-order valence-corrected chi connectivity index (χ1v) is 9.03. The van der Waals surface area contributed by atoms with Gasteiger partial charge >= 0.3 is 0 Å². The summed E-state index contributed by atoms with van der Waals surface area (Å²) in [5.74, 6) is 1.53. The Morgan fingerprint density at radius 3 is 2.83 bits per heavy atom. The van der Waals surface area contributed by atoms with Gasteiger partial charge in [0.2, 0.25) is 5.88 Å². The van der Waals surface area contributed by atoms with Gasteiger partial charge in [-0.1, -0.05) is 13.0 Å². The smallest absolute Gasteiger partial charge is 0.218 e. The molecule has 134 valence electrons. The van der Waals surface area contributed by atoms with Crippen LogP contribution in [0.25, 0.3) is 0 Å². The average molecular weight is 333 g/mol. The van der Waals surface area contributed by atoms with E-state index in [0.717, 1.165) is 24.4 Å². The molecule has 6 nitrogen and oxygen atoms in total. The minimum atomic E-state index is 0.490. The minimum absolute atomic E-state index is 0.490. The number of ether oxygens (including phenoxy) is 1. The van der Waals surface area contributed by atoms with Gasteiger partial charge in [-0.25, -0.2) is 4.98 Å². The first kappa shape index (κ1) is 18.5. The Balaban J connectivity index is 1.81. The molecule has 24 heavy (non-hydrogen) atoms. The number of nitrogens with one attached hydrogen (secondary N) is 2. The van der Waals surface area contributed by atoms with Crippen LogP contribution in [0.2, 0.25) is 0 Å². The van der Waals surface area contributed by atoms with Crippen LogP contribution in [0.15, 0.2) is 23.3 Å². The van der Waals surface area contributed by atoms with Crippen molar-refractivity contribution in [3.05, 3.63) is 23.9 Å². The van der Waals surface area contributed by atoms with Crippen LogP contribution >= 0.6 is 0 Å². The van der Waals surface area contributed by atoms with E-state index in [1.54, 1.807) is 6.20 Å². The van der Waals surface area contributed by atoms with Crippen LogP contribution in [0.1, 0.15) is 38.7 Å². The maximum atomic E-state index is 5.57. The average Bonchev–Trinajstić information content (AvgIpc) is 2.61. The van der Waals surface area contributed by atoms with Crippen LogP contribution in [-0.2, 0) is 6.54 Å². The molecule has 0 saturated carbocycles. The molecule has 2 heterocycles. The molecule has 0 bridgehead atoms. The molecule has 2 rings (SSSR count). The minimum Gasteiger partial charge on any atom is -0.478 e. The van der Waals surface area contributed by atoms with Crippen LogP contribution in [0.4, 0.5) is 0 Å². The van der Waals surface area contributed by atoms with Gasteiger partial charge in [-0.2, -0.15) is 0 Å². The largest absolute Gasteiger partial charge is 0.478 e. The number of hydrogen-bond donors (Lipinski definition) is 2. The van der Waals surface area contributed by atoms with Gasteiger partial charge in [0.25, 0.3) is 0 Å². The zero-order valence-electron chi connectivity index (χ0n) is 15.2. The van der Waals surface area contributed by atoms with Gasteiger partial charge in [-0.05, 0) is 38.8 Å². The van der Waals surface area contributed by atoms with E-state index >= 15 is 0 Å². The fraction of sp³-hybridized carbons (Fsp3) is 0.667. The van der Waals surface area contributed by atoms with Crippen molar-refractivity contribution < 1.29 is 4.74 Å². The van der Waals surface area contributed by atoms with Crippen molar-refractivity contribution in [2.75, 3.05) is 33.3 Å². The number of likely N-dealkylation sites (tertiary alicyclic amines) is 1. The first-order chi connectivity index (χ1) is 11.8. The third-order valence-electron chi connectivity index (χ3n) is 4.27. The molecule has 0 radical (unpaired) electrons. The fourth-order valence-corrected chi connectivity index (χ4v) is 3.01. The van der Waals surface area contributed by atoms with Crippen LogP contribution in [0, 0.1) is 0 Å². The monoisotopic (exact) mass is 333 g/mol. The molecule has 1 saturated heterocycles. The van der Waals surface area contributed by atoms with Crippen molar-refractivity contribution >= 4 is 5.96 Å². The second-order valence-corrected chi connectivity index (χ2v) is 6.09. The Morgan fingerprint density at radius 1 is 1.38 bits per heavy atom. The van der Waals surface area contributed by atoms with Crippen molar-refractivity contribution in [3.8, 4) is 5.88 Å². The number of rotatable bonds is 7. The Hall–Kier alpha value is -1.82. The van der Waals surface area contributed by atoms with Gasteiger partial charge in [0, 0.05) is 44.5 Å². The van der Waals surface area contributed by atoms with Crippen molar-refractivity contribution in [1.29, 1.82) is 0 Å². The molecule has 1 aromatic heterocycles. The molecule has 0 amide bonds. The Bertz CT molecular complexity index is 512. The van der Waals surface area contributed by atoms with E-state index in [1.165, 1.54) is 26.1 Å². The highest BCUT2D eigenvalue weighted by Gasteiger charge is 2.19. The third kappa shape index (κ3) is 5.67. The second-order valence-electron chi connectivity index (χ2n) is 6.09. The summed E-state index contributed by atoms with van der Waals surface area (Å²) in [6.07, 6.45) is 5.32. The summed E-state index contributed by atoms with van der Waals surface area (Å²) < 4.78 is 5.57. The Labute approximate surface area is 145 Å². The summed E-state index contributed by atoms with van der Waals surface area (Å²) >= 11 is 0. The fourth-order valence-electron chi connectivity index (χ4n) is 3.01. The highest BCUT2D eigenvalue weighted by atomic mass is 16.5. The quantitative estimate of drug-likeness (QED) is 0.590. The summed E-state index contributed by atoms with van der Waals surface area (Å²) in [4.78, 5) is 11.2. The maximum Gasteiger partial charge on any atom is 0.218 e. The highest BCUT2D eigenvalue weighted by Crippen LogP contribution is 2.14. The van der Waals surface area contributed by atoms with E-state index in [4.69, 9.17) is 4.74 Å². The van der Waals surface area contributed by atoms with Gasteiger partial charge < -0.3 is 20.3 Å². The van der Waals surface area contributed by atoms with E-state index in [1.807, 2.05) is 26.1 Å². The molecule has 1 aliphatic heterocycles. The van der Waals surface area contributed by atoms with Crippen LogP contribution in [-0.4, -0.2) is 55.2 Å². The summed E-state index contributed by atoms with van der Waals surface area (Å²) in [5, 5.41) is 6.91. The predicted molar refractivity (Wildman–Crippen MR) is 98.5 cm³/mol. The predicted octanol–water partition coefficient (Wildman–Crippen LogP) is 2.02. The number of hydrogen-bond acceptors (Lipinski definition) is 4. The molecular weight excluding hydrogens is 302 g/mol. The van der Waals surface area contributed by atoms with Crippen molar-refractivity contribution in [2.45, 2.75) is 45.7 Å². The molecule has 1 aromatic rings. The topological polar surface area (TPSA) is 61.8 Å². The van der Waals surface area contributed by atoms with Crippen molar-refractivity contribution in [1.82, 2.24) is 20.5 Å². The van der Waals surface area contributed by atoms with Crippen LogP contribution in [0.3, 0.4) is 0 Å². The van der Waals surface area contributed by atoms with E-state index in [-0.39, 0.29) is 0 Å². The van der Waals surface area contributed by atoms with Gasteiger partial charge in [0.05, 0.1) is 6.61 Å². The Kier molecular flexibility index (Phi) is 7.82. The van der Waals surface area contributed by atoms with Gasteiger partial charge in [-0.15, -0.1) is 0 Å². The normalized spacial score (nSPS) is 16.9. The maximum absolute atomic E-state index is 5.57. The molecule has 0 atom stereocenters. The van der Waals surface area contributed by atoms with Crippen molar-refractivity contribution in [2.24, 2.45) is 4.99 Å². The number of piperidine rings is 1. The first-order valence-electron chi connectivity index (χ1n) is 9.03. The molecule has 0 unspecified atom stereocenters. The zero-order valence-corrected chi connectivity index (χ0v) is 15.2. The van der Waals surface area contributed by atoms with E-state index in [2.05, 4.69) is 32.4 Å². The van der Waals surface area contributed by atoms with E-state index < -0.39 is 0 Å². The number of nitrogens with zero attached hydrogens (tertiary/aromatic N) is 3. The summed E-state index contributed by atoms with van der Waals surface area (Å²) in [6, 6.07) is 4.45. The van der Waals surface area contributed by atoms with E-state index in [0.29, 0.717) is 25.1 Å². The van der Waals surface area contributed by atoms with Crippen LogP contribution in [0.5, 0.6) is 5.88 Å². The summed E-state index contributed by atoms with van der Waals surface area (Å²) in [5.41, 5.74) is 1.04. The molecule has 0 aromatic carbocycles. The van der Waals surface area contributed by atoms with Gasteiger partial charge in [-0.3, -0.25) is 4.99 Å². The van der Waals surface area contributed by atoms with E-state index in [9.17, 15) is 0 Å². The number of aromatic nitrogens is 1. The highest BCUT2D eigenvalue weighted by molar-refractivity contribution is 5.80. The lowest BCUT2D eigenvalue weighted by Gasteiger charge is -2.32. The van der Waals surface area contributed by atoms with Crippen molar-refractivity contribution in [3.63, 3.8) is 0 Å². The lowest BCUT2D eigenvalue weighted by Crippen LogP contribution is -2.48. The summed E-state index contributed by atoms with van der Waals surface area (Å²) in [7, 11) is 1.81. The zero-order chi connectivity index (χ0) is 17.2. The standard InChI is InChI=1S/C18H31N5O/c1-4-11-23-12-8-16(9-13-23)22-18(19-3)21-14-15-7-6-10-20-17(15)24-5-2/h6-7,10,16H,4-5,8-9,11-14H2,1-3H3,(H2,19,21,22). The molecule has 1 aliphatic rings. The Morgan fingerprint density at radius 2 is 2.17 bits per heavy atom. The summed E-state index contributed by atoms with van der Waals surface area (Å²) in [6.45, 7) is 9.02. The number of aliphatic imine (C=N–C) groups is 1. The molecule has 0 spiro atoms. The molecule has 2 N–H and O–H groups in total. The van der Waals surface area contributed by atoms with Gasteiger partial charge in [0.1, 0.15) is 0 Å². The molecular formula is C18H31N5O. The van der Waals surface area contributed by atoms with Crippen LogP contribution < -0.4 is 15.4 Å². The lowest BCUT2D eigenvalue weighted by atomic mass is 10.1. The molecule has 6 heteroatoms.